The lowest BCUT2D eigenvalue weighted by Gasteiger charge is -2.14. The van der Waals surface area contributed by atoms with Crippen molar-refractivity contribution < 1.29 is 31.2 Å². The Balaban J connectivity index is 2.33. The summed E-state index contributed by atoms with van der Waals surface area (Å²) in [5, 5.41) is 1.98. The molecule has 0 spiro atoms. The van der Waals surface area contributed by atoms with Crippen molar-refractivity contribution in [2.24, 2.45) is 0 Å². The number of benzene rings is 1. The highest BCUT2D eigenvalue weighted by Gasteiger charge is 2.46. The minimum absolute atomic E-state index is 0.120. The predicted octanol–water partition coefficient (Wildman–Crippen LogP) is 1.04. The Kier molecular flexibility index (Phi) is 3.20. The minimum atomic E-state index is -5.43. The largest absolute Gasteiger partial charge is 0.501 e. The van der Waals surface area contributed by atoms with Crippen molar-refractivity contribution in [3.63, 3.8) is 0 Å². The summed E-state index contributed by atoms with van der Waals surface area (Å²) in [6.45, 7) is -0.274. The fraction of sp³-hybridized carbons (Fsp3) is 0.200. The summed E-state index contributed by atoms with van der Waals surface area (Å²) in [6.07, 6.45) is 0. The number of rotatable bonds is 2. The average molecular weight is 308 g/mol. The van der Waals surface area contributed by atoms with E-state index in [1.54, 1.807) is 0 Å². The summed E-state index contributed by atoms with van der Waals surface area (Å²) in [4.78, 5) is 22.3. The van der Waals surface area contributed by atoms with Crippen LogP contribution in [-0.2, 0) is 14.6 Å². The highest BCUT2D eigenvalue weighted by Crippen LogP contribution is 2.31. The molecule has 0 saturated carbocycles. The lowest BCUT2D eigenvalue weighted by molar-refractivity contribution is -0.117. The summed E-state index contributed by atoms with van der Waals surface area (Å²) >= 11 is 0. The lowest BCUT2D eigenvalue weighted by atomic mass is 10.3. The van der Waals surface area contributed by atoms with Crippen LogP contribution in [0.2, 0.25) is 0 Å². The number of anilines is 1. The Morgan fingerprint density at radius 2 is 1.65 bits per heavy atom. The number of carbonyl (C=O) groups is 2. The van der Waals surface area contributed by atoms with Crippen molar-refractivity contribution in [1.29, 1.82) is 0 Å². The van der Waals surface area contributed by atoms with E-state index in [1.807, 2.05) is 5.32 Å². The van der Waals surface area contributed by atoms with Crippen molar-refractivity contribution in [2.45, 2.75) is 10.4 Å². The third-order valence-electron chi connectivity index (χ3n) is 2.56. The number of imide groups is 1. The molecule has 1 heterocycles. The zero-order valence-electron chi connectivity index (χ0n) is 9.64. The third kappa shape index (κ3) is 2.33. The fourth-order valence-corrected chi connectivity index (χ4v) is 2.35. The Hall–Kier alpha value is -2.10. The van der Waals surface area contributed by atoms with Gasteiger partial charge < -0.3 is 0 Å². The topological polar surface area (TPSA) is 83.6 Å². The first kappa shape index (κ1) is 14.3. The van der Waals surface area contributed by atoms with Gasteiger partial charge in [-0.2, -0.15) is 13.2 Å². The number of halogens is 3. The average Bonchev–Trinajstić information content (AvgIpc) is 2.67. The van der Waals surface area contributed by atoms with Crippen molar-refractivity contribution in [3.8, 4) is 0 Å². The van der Waals surface area contributed by atoms with Crippen LogP contribution in [0.1, 0.15) is 0 Å². The third-order valence-corrected chi connectivity index (χ3v) is 4.06. The zero-order chi connectivity index (χ0) is 15.1. The number of carbonyl (C=O) groups excluding carboxylic acids is 2. The van der Waals surface area contributed by atoms with Gasteiger partial charge in [-0.1, -0.05) is 0 Å². The summed E-state index contributed by atoms with van der Waals surface area (Å²) in [6, 6.07) is 2.79. The van der Waals surface area contributed by atoms with Crippen molar-refractivity contribution in [1.82, 2.24) is 5.32 Å². The Morgan fingerprint density at radius 3 is 2.05 bits per heavy atom. The van der Waals surface area contributed by atoms with Gasteiger partial charge >= 0.3 is 11.5 Å². The van der Waals surface area contributed by atoms with Gasteiger partial charge in [0.1, 0.15) is 6.54 Å². The highest BCUT2D eigenvalue weighted by atomic mass is 32.2. The maximum atomic E-state index is 12.3. The van der Waals surface area contributed by atoms with E-state index < -0.39 is 32.2 Å². The van der Waals surface area contributed by atoms with Gasteiger partial charge in [0.15, 0.2) is 0 Å². The number of hydrogen-bond donors (Lipinski definition) is 1. The molecule has 2 rings (SSSR count). The molecule has 108 valence electrons. The maximum absolute atomic E-state index is 12.3. The van der Waals surface area contributed by atoms with E-state index in [9.17, 15) is 31.2 Å². The second kappa shape index (κ2) is 4.47. The predicted molar refractivity (Wildman–Crippen MR) is 60.6 cm³/mol. The van der Waals surface area contributed by atoms with Crippen LogP contribution in [-0.4, -0.2) is 32.4 Å². The molecule has 20 heavy (non-hydrogen) atoms. The second-order valence-corrected chi connectivity index (χ2v) is 5.82. The molecule has 0 aromatic heterocycles. The molecule has 0 radical (unpaired) electrons. The molecule has 1 fully saturated rings. The van der Waals surface area contributed by atoms with Gasteiger partial charge in [-0.15, -0.1) is 0 Å². The quantitative estimate of drug-likeness (QED) is 0.827. The molecule has 10 heteroatoms. The number of urea groups is 1. The SMILES string of the molecule is O=C1CN(c2ccc(S(=O)(=O)C(F)(F)F)cc2)C(=O)N1. The first-order valence-corrected chi connectivity index (χ1v) is 6.64. The molecule has 0 bridgehead atoms. The molecule has 1 aliphatic heterocycles. The Bertz CT molecular complexity index is 667. The molecule has 1 aliphatic rings. The number of nitrogens with zero attached hydrogens (tertiary/aromatic N) is 1. The molecule has 1 saturated heterocycles. The van der Waals surface area contributed by atoms with E-state index in [-0.39, 0.29) is 12.2 Å². The first-order chi connectivity index (χ1) is 9.13. The van der Waals surface area contributed by atoms with Crippen molar-refractivity contribution in [3.05, 3.63) is 24.3 Å². The molecule has 1 N–H and O–H groups in total. The minimum Gasteiger partial charge on any atom is -0.285 e. The van der Waals surface area contributed by atoms with E-state index in [2.05, 4.69) is 0 Å². The smallest absolute Gasteiger partial charge is 0.285 e. The number of alkyl halides is 3. The van der Waals surface area contributed by atoms with Crippen LogP contribution < -0.4 is 10.2 Å². The zero-order valence-corrected chi connectivity index (χ0v) is 10.5. The van der Waals surface area contributed by atoms with Crippen LogP contribution in [0, 0.1) is 0 Å². The molecule has 1 aromatic carbocycles. The van der Waals surface area contributed by atoms with Crippen LogP contribution in [0.3, 0.4) is 0 Å². The van der Waals surface area contributed by atoms with Gasteiger partial charge in [-0.3, -0.25) is 15.0 Å². The molecular formula is C10H7F3N2O4S. The summed E-state index contributed by atoms with van der Waals surface area (Å²) < 4.78 is 59.2. The second-order valence-electron chi connectivity index (χ2n) is 3.88. The number of amides is 3. The normalized spacial score (nSPS) is 16.4. The number of nitrogens with one attached hydrogen (secondary N) is 1. The van der Waals surface area contributed by atoms with Gasteiger partial charge in [-0.05, 0) is 24.3 Å². The maximum Gasteiger partial charge on any atom is 0.501 e. The summed E-state index contributed by atoms with van der Waals surface area (Å²) in [7, 11) is -5.43. The van der Waals surface area contributed by atoms with Crippen LogP contribution in [0.25, 0.3) is 0 Å². The molecule has 6 nitrogen and oxygen atoms in total. The van der Waals surface area contributed by atoms with Crippen molar-refractivity contribution in [2.75, 3.05) is 11.4 Å². The molecule has 3 amide bonds. The van der Waals surface area contributed by atoms with Crippen molar-refractivity contribution >= 4 is 27.5 Å². The molecular weight excluding hydrogens is 301 g/mol. The molecule has 0 aliphatic carbocycles. The molecule has 0 atom stereocenters. The van der Waals surface area contributed by atoms with Gasteiger partial charge in [0.2, 0.25) is 5.91 Å². The fourth-order valence-electron chi connectivity index (χ4n) is 1.59. The lowest BCUT2D eigenvalue weighted by Crippen LogP contribution is -2.28. The van der Waals surface area contributed by atoms with Crippen LogP contribution in [0.4, 0.5) is 23.7 Å². The van der Waals surface area contributed by atoms with Crippen LogP contribution in [0.5, 0.6) is 0 Å². The molecule has 1 aromatic rings. The van der Waals surface area contributed by atoms with Gasteiger partial charge in [-0.25, -0.2) is 13.2 Å². The van der Waals surface area contributed by atoms with Gasteiger partial charge in [0.25, 0.3) is 9.84 Å². The van der Waals surface area contributed by atoms with Gasteiger partial charge in [0.05, 0.1) is 4.90 Å². The monoisotopic (exact) mass is 308 g/mol. The number of hydrogen-bond acceptors (Lipinski definition) is 4. The van der Waals surface area contributed by atoms with E-state index in [0.717, 1.165) is 29.2 Å². The number of sulfone groups is 1. The van der Waals surface area contributed by atoms with Crippen LogP contribution in [0.15, 0.2) is 29.2 Å². The van der Waals surface area contributed by atoms with E-state index in [4.69, 9.17) is 0 Å². The summed E-state index contributed by atoms with van der Waals surface area (Å²) in [5.41, 5.74) is -5.27. The Labute approximate surface area is 111 Å². The van der Waals surface area contributed by atoms with E-state index in [1.165, 1.54) is 0 Å². The summed E-state index contributed by atoms with van der Waals surface area (Å²) in [5.74, 6) is -0.554. The highest BCUT2D eigenvalue weighted by molar-refractivity contribution is 7.92. The van der Waals surface area contributed by atoms with E-state index >= 15 is 0 Å². The van der Waals surface area contributed by atoms with Crippen LogP contribution >= 0.6 is 0 Å². The first-order valence-electron chi connectivity index (χ1n) is 5.16. The van der Waals surface area contributed by atoms with Gasteiger partial charge in [0, 0.05) is 5.69 Å². The Morgan fingerprint density at radius 1 is 1.10 bits per heavy atom. The molecule has 0 unspecified atom stereocenters. The van der Waals surface area contributed by atoms with E-state index in [0.29, 0.717) is 0 Å². The standard InChI is InChI=1S/C10H7F3N2O4S/c11-10(12,13)20(18,19)7-3-1-6(2-4-7)15-5-8(16)14-9(15)17/h1-4H,5H2,(H,14,16,17).